The highest BCUT2D eigenvalue weighted by Gasteiger charge is 2.40. The lowest BCUT2D eigenvalue weighted by atomic mass is 9.95. The first-order valence-electron chi connectivity index (χ1n) is 9.61. The van der Waals surface area contributed by atoms with Crippen LogP contribution in [-0.2, 0) is 17.8 Å². The zero-order chi connectivity index (χ0) is 17.9. The Labute approximate surface area is 159 Å². The summed E-state index contributed by atoms with van der Waals surface area (Å²) in [5, 5.41) is 12.8. The normalized spacial score (nSPS) is 24.1. The fraction of sp³-hybridized carbons (Fsp3) is 0.550. The molecule has 26 heavy (non-hydrogen) atoms. The fourth-order valence-electron chi connectivity index (χ4n) is 4.45. The minimum atomic E-state index is 0.128. The van der Waals surface area contributed by atoms with Crippen molar-refractivity contribution in [1.29, 1.82) is 0 Å². The van der Waals surface area contributed by atoms with E-state index in [9.17, 15) is 4.79 Å². The molecule has 5 nitrogen and oxygen atoms in total. The summed E-state index contributed by atoms with van der Waals surface area (Å²) in [6.07, 6.45) is 5.89. The van der Waals surface area contributed by atoms with Gasteiger partial charge in [0.25, 0.3) is 0 Å². The number of hydrogen-bond donors (Lipinski definition) is 1. The largest absolute Gasteiger partial charge is 0.352 e. The van der Waals surface area contributed by atoms with Gasteiger partial charge in [-0.15, -0.1) is 10.2 Å². The standard InChI is InChI=1S/C20H26N4OS/c1-2-24-18(12-14-6-4-3-5-7-14)22-23-20(24)26-13-19(25)21-17-11-15-8-9-16(17)10-15/h3-7,15-17H,2,8-13H2,1H3,(H,21,25)/t15-,16+,17+/m0/s1. The second-order valence-electron chi connectivity index (χ2n) is 7.44. The van der Waals surface area contributed by atoms with Crippen LogP contribution in [0.15, 0.2) is 35.5 Å². The molecule has 0 unspecified atom stereocenters. The predicted octanol–water partition coefficient (Wildman–Crippen LogP) is 3.29. The third-order valence-corrected chi connectivity index (χ3v) is 6.70. The second-order valence-corrected chi connectivity index (χ2v) is 8.39. The van der Waals surface area contributed by atoms with E-state index >= 15 is 0 Å². The predicted molar refractivity (Wildman–Crippen MR) is 103 cm³/mol. The number of amides is 1. The Bertz CT molecular complexity index is 760. The van der Waals surface area contributed by atoms with Crippen molar-refractivity contribution in [3.05, 3.63) is 41.7 Å². The molecular formula is C20H26N4OS. The Hall–Kier alpha value is -1.82. The highest BCUT2D eigenvalue weighted by molar-refractivity contribution is 7.99. The van der Waals surface area contributed by atoms with Crippen molar-refractivity contribution in [2.45, 2.75) is 56.8 Å². The maximum absolute atomic E-state index is 12.4. The van der Waals surface area contributed by atoms with Crippen molar-refractivity contribution >= 4 is 17.7 Å². The van der Waals surface area contributed by atoms with E-state index in [1.807, 2.05) is 18.2 Å². The second kappa shape index (κ2) is 7.82. The Morgan fingerprint density at radius 1 is 1.23 bits per heavy atom. The zero-order valence-corrected chi connectivity index (χ0v) is 16.0. The van der Waals surface area contributed by atoms with Gasteiger partial charge in [-0.2, -0.15) is 0 Å². The molecule has 2 aliphatic rings. The van der Waals surface area contributed by atoms with Gasteiger partial charge in [0.15, 0.2) is 5.16 Å². The molecule has 2 saturated carbocycles. The van der Waals surface area contributed by atoms with Gasteiger partial charge in [-0.3, -0.25) is 4.79 Å². The number of benzene rings is 1. The number of carbonyl (C=O) groups is 1. The SMILES string of the molecule is CCn1c(Cc2ccccc2)nnc1SCC(=O)N[C@@H]1C[C@H]2CC[C@@H]1C2. The third-order valence-electron chi connectivity index (χ3n) is 5.73. The number of aromatic nitrogens is 3. The maximum atomic E-state index is 12.4. The molecule has 2 aliphatic carbocycles. The maximum Gasteiger partial charge on any atom is 0.230 e. The first-order chi connectivity index (χ1) is 12.7. The van der Waals surface area contributed by atoms with Gasteiger partial charge < -0.3 is 9.88 Å². The van der Waals surface area contributed by atoms with Crippen LogP contribution in [0.2, 0.25) is 0 Å². The van der Waals surface area contributed by atoms with E-state index in [-0.39, 0.29) is 5.91 Å². The lowest BCUT2D eigenvalue weighted by Crippen LogP contribution is -2.39. The number of nitrogens with zero attached hydrogens (tertiary/aromatic N) is 3. The molecule has 0 radical (unpaired) electrons. The highest BCUT2D eigenvalue weighted by atomic mass is 32.2. The van der Waals surface area contributed by atoms with E-state index in [4.69, 9.17) is 0 Å². The minimum absolute atomic E-state index is 0.128. The summed E-state index contributed by atoms with van der Waals surface area (Å²) in [6.45, 7) is 2.91. The van der Waals surface area contributed by atoms with Gasteiger partial charge in [0.05, 0.1) is 5.75 Å². The van der Waals surface area contributed by atoms with Crippen LogP contribution in [0.4, 0.5) is 0 Å². The van der Waals surface area contributed by atoms with Crippen LogP contribution in [0, 0.1) is 11.8 Å². The van der Waals surface area contributed by atoms with Crippen molar-refractivity contribution in [3.8, 4) is 0 Å². The van der Waals surface area contributed by atoms with Crippen LogP contribution in [0.1, 0.15) is 44.0 Å². The number of rotatable bonds is 7. The molecule has 1 N–H and O–H groups in total. The smallest absolute Gasteiger partial charge is 0.230 e. The van der Waals surface area contributed by atoms with Gasteiger partial charge in [0, 0.05) is 19.0 Å². The van der Waals surface area contributed by atoms with E-state index in [0.29, 0.717) is 17.7 Å². The summed E-state index contributed by atoms with van der Waals surface area (Å²) in [7, 11) is 0. The highest BCUT2D eigenvalue weighted by Crippen LogP contribution is 2.44. The summed E-state index contributed by atoms with van der Waals surface area (Å²) in [5.74, 6) is 3.06. The molecular weight excluding hydrogens is 344 g/mol. The molecule has 0 spiro atoms. The van der Waals surface area contributed by atoms with Crippen molar-refractivity contribution in [3.63, 3.8) is 0 Å². The summed E-state index contributed by atoms with van der Waals surface area (Å²) in [5.41, 5.74) is 1.22. The Morgan fingerprint density at radius 2 is 2.08 bits per heavy atom. The number of thioether (sulfide) groups is 1. The van der Waals surface area contributed by atoms with Gasteiger partial charge in [-0.05, 0) is 43.6 Å². The monoisotopic (exact) mass is 370 g/mol. The topological polar surface area (TPSA) is 59.8 Å². The van der Waals surface area contributed by atoms with Crippen LogP contribution in [0.5, 0.6) is 0 Å². The first-order valence-corrected chi connectivity index (χ1v) is 10.6. The van der Waals surface area contributed by atoms with E-state index in [1.54, 1.807) is 0 Å². The van der Waals surface area contributed by atoms with Crippen LogP contribution >= 0.6 is 11.8 Å². The number of carbonyl (C=O) groups excluding carboxylic acids is 1. The van der Waals surface area contributed by atoms with Crippen LogP contribution in [-0.4, -0.2) is 32.5 Å². The molecule has 1 aromatic carbocycles. The summed E-state index contributed by atoms with van der Waals surface area (Å²) in [6, 6.07) is 10.7. The molecule has 2 fully saturated rings. The quantitative estimate of drug-likeness (QED) is 0.760. The Morgan fingerprint density at radius 3 is 2.77 bits per heavy atom. The van der Waals surface area contributed by atoms with E-state index < -0.39 is 0 Å². The average molecular weight is 371 g/mol. The molecule has 6 heteroatoms. The van der Waals surface area contributed by atoms with Crippen molar-refractivity contribution < 1.29 is 4.79 Å². The molecule has 4 rings (SSSR count). The number of hydrogen-bond acceptors (Lipinski definition) is 4. The molecule has 1 amide bonds. The van der Waals surface area contributed by atoms with Gasteiger partial charge in [0.2, 0.25) is 5.91 Å². The number of fused-ring (bicyclic) bond motifs is 2. The van der Waals surface area contributed by atoms with Crippen LogP contribution in [0.3, 0.4) is 0 Å². The van der Waals surface area contributed by atoms with Crippen molar-refractivity contribution in [2.75, 3.05) is 5.75 Å². The summed E-state index contributed by atoms with van der Waals surface area (Å²) < 4.78 is 2.11. The zero-order valence-electron chi connectivity index (χ0n) is 15.2. The number of nitrogens with one attached hydrogen (secondary N) is 1. The summed E-state index contributed by atoms with van der Waals surface area (Å²) in [4.78, 5) is 12.4. The molecule has 2 aromatic rings. The molecule has 138 valence electrons. The van der Waals surface area contributed by atoms with E-state index in [1.165, 1.54) is 43.0 Å². The lowest BCUT2D eigenvalue weighted by Gasteiger charge is -2.22. The van der Waals surface area contributed by atoms with E-state index in [0.717, 1.165) is 29.9 Å². The first kappa shape index (κ1) is 17.6. The molecule has 0 saturated heterocycles. The van der Waals surface area contributed by atoms with Crippen LogP contribution in [0.25, 0.3) is 0 Å². The fourth-order valence-corrected chi connectivity index (χ4v) is 5.29. The van der Waals surface area contributed by atoms with E-state index in [2.05, 4.69) is 39.1 Å². The molecule has 0 aliphatic heterocycles. The van der Waals surface area contributed by atoms with Gasteiger partial charge >= 0.3 is 0 Å². The van der Waals surface area contributed by atoms with Gasteiger partial charge in [-0.25, -0.2) is 0 Å². The van der Waals surface area contributed by atoms with Crippen molar-refractivity contribution in [1.82, 2.24) is 20.1 Å². The third kappa shape index (κ3) is 3.80. The molecule has 3 atom stereocenters. The van der Waals surface area contributed by atoms with Crippen LogP contribution < -0.4 is 5.32 Å². The lowest BCUT2D eigenvalue weighted by molar-refractivity contribution is -0.119. The Kier molecular flexibility index (Phi) is 5.29. The molecule has 1 aromatic heterocycles. The Balaban J connectivity index is 1.33. The molecule has 2 bridgehead atoms. The average Bonchev–Trinajstić information content (AvgIpc) is 3.36. The minimum Gasteiger partial charge on any atom is -0.352 e. The molecule has 1 heterocycles. The van der Waals surface area contributed by atoms with Gasteiger partial charge in [0.1, 0.15) is 5.82 Å². The van der Waals surface area contributed by atoms with Gasteiger partial charge in [-0.1, -0.05) is 48.5 Å². The summed E-state index contributed by atoms with van der Waals surface area (Å²) >= 11 is 1.49. The van der Waals surface area contributed by atoms with Crippen molar-refractivity contribution in [2.24, 2.45) is 11.8 Å².